The monoisotopic (exact) mass is 339 g/mol. The molecule has 3 heteroatoms. The Morgan fingerprint density at radius 2 is 1.54 bits per heavy atom. The van der Waals surface area contributed by atoms with Crippen molar-refractivity contribution in [3.63, 3.8) is 0 Å². The lowest BCUT2D eigenvalue weighted by atomic mass is 9.94. The SMILES string of the molecule is Cc1cc[n+](C)c(-c2c(C)c3ccccc3c3c2oc2ccccc23)n1. The van der Waals surface area contributed by atoms with Gasteiger partial charge < -0.3 is 4.42 Å². The quantitative estimate of drug-likeness (QED) is 0.391. The molecule has 0 aliphatic carbocycles. The van der Waals surface area contributed by atoms with E-state index < -0.39 is 0 Å². The summed E-state index contributed by atoms with van der Waals surface area (Å²) in [6.45, 7) is 4.18. The van der Waals surface area contributed by atoms with E-state index in [1.165, 1.54) is 21.7 Å². The van der Waals surface area contributed by atoms with Gasteiger partial charge in [-0.05, 0) is 34.3 Å². The average molecular weight is 339 g/mol. The van der Waals surface area contributed by atoms with Crippen molar-refractivity contribution in [3.05, 3.63) is 72.1 Å². The van der Waals surface area contributed by atoms with Gasteiger partial charge in [-0.1, -0.05) is 42.5 Å². The van der Waals surface area contributed by atoms with Gasteiger partial charge in [0.05, 0.1) is 13.2 Å². The van der Waals surface area contributed by atoms with Gasteiger partial charge in [-0.3, -0.25) is 0 Å². The van der Waals surface area contributed by atoms with Gasteiger partial charge >= 0.3 is 5.82 Å². The second-order valence-corrected chi connectivity index (χ2v) is 6.85. The molecule has 0 atom stereocenters. The lowest BCUT2D eigenvalue weighted by Gasteiger charge is -2.09. The molecule has 0 fully saturated rings. The average Bonchev–Trinajstić information content (AvgIpc) is 3.04. The topological polar surface area (TPSA) is 29.9 Å². The Kier molecular flexibility index (Phi) is 3.13. The highest BCUT2D eigenvalue weighted by atomic mass is 16.3. The summed E-state index contributed by atoms with van der Waals surface area (Å²) in [5.74, 6) is 0.928. The van der Waals surface area contributed by atoms with Crippen molar-refractivity contribution in [1.29, 1.82) is 0 Å². The Hall–Kier alpha value is -3.20. The van der Waals surface area contributed by atoms with Crippen molar-refractivity contribution < 1.29 is 8.98 Å². The molecule has 0 aliphatic heterocycles. The van der Waals surface area contributed by atoms with Gasteiger partial charge in [0.1, 0.15) is 11.1 Å². The molecular weight excluding hydrogens is 320 g/mol. The molecule has 0 amide bonds. The van der Waals surface area contributed by atoms with Crippen LogP contribution in [0.1, 0.15) is 11.3 Å². The number of furan rings is 1. The van der Waals surface area contributed by atoms with E-state index in [4.69, 9.17) is 9.40 Å². The lowest BCUT2D eigenvalue weighted by molar-refractivity contribution is -0.663. The molecule has 0 unspecified atom stereocenters. The normalized spacial score (nSPS) is 11.7. The second kappa shape index (κ2) is 5.40. The molecule has 2 aromatic heterocycles. The number of rotatable bonds is 1. The van der Waals surface area contributed by atoms with E-state index in [0.29, 0.717) is 0 Å². The Balaban J connectivity index is 2.09. The minimum Gasteiger partial charge on any atom is -0.455 e. The van der Waals surface area contributed by atoms with E-state index in [0.717, 1.165) is 33.6 Å². The van der Waals surface area contributed by atoms with E-state index >= 15 is 0 Å². The third-order valence-corrected chi connectivity index (χ3v) is 5.18. The van der Waals surface area contributed by atoms with Crippen LogP contribution in [0, 0.1) is 13.8 Å². The fourth-order valence-electron chi connectivity index (χ4n) is 3.90. The predicted octanol–water partition coefficient (Wildman–Crippen LogP) is 5.24. The van der Waals surface area contributed by atoms with Crippen LogP contribution < -0.4 is 4.57 Å². The van der Waals surface area contributed by atoms with Gasteiger partial charge in [-0.25, -0.2) is 4.57 Å². The number of hydrogen-bond acceptors (Lipinski definition) is 2. The molecule has 3 nitrogen and oxygen atoms in total. The molecule has 0 bridgehead atoms. The molecule has 0 aliphatic rings. The summed E-state index contributed by atoms with van der Waals surface area (Å²) >= 11 is 0. The Bertz CT molecular complexity index is 1310. The predicted molar refractivity (Wildman–Crippen MR) is 105 cm³/mol. The second-order valence-electron chi connectivity index (χ2n) is 6.85. The maximum Gasteiger partial charge on any atom is 0.334 e. The summed E-state index contributed by atoms with van der Waals surface area (Å²) in [4.78, 5) is 4.83. The number of nitrogens with zero attached hydrogens (tertiary/aromatic N) is 2. The molecule has 5 rings (SSSR count). The summed E-state index contributed by atoms with van der Waals surface area (Å²) in [7, 11) is 2.03. The zero-order chi connectivity index (χ0) is 17.8. The highest BCUT2D eigenvalue weighted by Crippen LogP contribution is 2.42. The van der Waals surface area contributed by atoms with E-state index in [9.17, 15) is 0 Å². The van der Waals surface area contributed by atoms with E-state index in [2.05, 4.69) is 54.1 Å². The third kappa shape index (κ3) is 2.00. The fraction of sp³-hybridized carbons (Fsp3) is 0.130. The zero-order valence-electron chi connectivity index (χ0n) is 15.1. The van der Waals surface area contributed by atoms with Gasteiger partial charge in [0, 0.05) is 23.8 Å². The first-order valence-electron chi connectivity index (χ1n) is 8.81. The van der Waals surface area contributed by atoms with Gasteiger partial charge in [-0.2, -0.15) is 0 Å². The molecule has 0 N–H and O–H groups in total. The number of fused-ring (bicyclic) bond motifs is 5. The first kappa shape index (κ1) is 15.1. The van der Waals surface area contributed by atoms with E-state index in [-0.39, 0.29) is 0 Å². The first-order valence-corrected chi connectivity index (χ1v) is 8.81. The summed E-state index contributed by atoms with van der Waals surface area (Å²) in [6.07, 6.45) is 2.06. The summed E-state index contributed by atoms with van der Waals surface area (Å²) < 4.78 is 8.43. The molecule has 126 valence electrons. The van der Waals surface area contributed by atoms with Crippen molar-refractivity contribution >= 4 is 32.7 Å². The standard InChI is InChI=1S/C23H19N2O/c1-14-12-13-25(3)23(24-14)20-15(2)16-8-4-5-9-17(16)21-18-10-6-7-11-19(18)26-22(20)21/h4-13H,1-3H3/q+1. The minimum absolute atomic E-state index is 0.912. The number of para-hydroxylation sites is 1. The van der Waals surface area contributed by atoms with Crippen LogP contribution in [0.25, 0.3) is 44.1 Å². The van der Waals surface area contributed by atoms with Crippen LogP contribution in [-0.2, 0) is 7.05 Å². The molecule has 0 saturated heterocycles. The van der Waals surface area contributed by atoms with Crippen molar-refractivity contribution in [3.8, 4) is 11.4 Å². The van der Waals surface area contributed by atoms with Gasteiger partial charge in [0.15, 0.2) is 11.3 Å². The summed E-state index contributed by atoms with van der Waals surface area (Å²) in [5.41, 5.74) is 5.09. The maximum absolute atomic E-state index is 6.37. The lowest BCUT2D eigenvalue weighted by Crippen LogP contribution is -2.32. The molecule has 26 heavy (non-hydrogen) atoms. The molecule has 0 spiro atoms. The van der Waals surface area contributed by atoms with Crippen LogP contribution in [-0.4, -0.2) is 4.98 Å². The molecule has 2 heterocycles. The van der Waals surface area contributed by atoms with Crippen LogP contribution in [0.15, 0.2) is 65.2 Å². The van der Waals surface area contributed by atoms with Crippen LogP contribution in [0.4, 0.5) is 0 Å². The Morgan fingerprint density at radius 1 is 0.846 bits per heavy atom. The zero-order valence-corrected chi connectivity index (χ0v) is 15.1. The van der Waals surface area contributed by atoms with Crippen LogP contribution in [0.2, 0.25) is 0 Å². The van der Waals surface area contributed by atoms with Gasteiger partial charge in [0.2, 0.25) is 0 Å². The molecule has 3 aromatic carbocycles. The highest BCUT2D eigenvalue weighted by Gasteiger charge is 2.25. The van der Waals surface area contributed by atoms with Crippen molar-refractivity contribution in [2.45, 2.75) is 13.8 Å². The van der Waals surface area contributed by atoms with Gasteiger partial charge in [-0.15, -0.1) is 0 Å². The van der Waals surface area contributed by atoms with Gasteiger partial charge in [0.25, 0.3) is 0 Å². The highest BCUT2D eigenvalue weighted by molar-refractivity contribution is 6.23. The fourth-order valence-corrected chi connectivity index (χ4v) is 3.90. The first-order chi connectivity index (χ1) is 12.6. The number of benzene rings is 3. The smallest absolute Gasteiger partial charge is 0.334 e. The van der Waals surface area contributed by atoms with Crippen molar-refractivity contribution in [2.24, 2.45) is 7.05 Å². The van der Waals surface area contributed by atoms with Crippen LogP contribution >= 0.6 is 0 Å². The molecule has 0 saturated carbocycles. The van der Waals surface area contributed by atoms with E-state index in [1.54, 1.807) is 0 Å². The van der Waals surface area contributed by atoms with Crippen molar-refractivity contribution in [1.82, 2.24) is 4.98 Å². The summed E-state index contributed by atoms with van der Waals surface area (Å²) in [5, 5.41) is 4.78. The molecule has 0 radical (unpaired) electrons. The Morgan fingerprint density at radius 3 is 2.35 bits per heavy atom. The van der Waals surface area contributed by atoms with Crippen molar-refractivity contribution in [2.75, 3.05) is 0 Å². The summed E-state index contributed by atoms with van der Waals surface area (Å²) in [6, 6.07) is 18.8. The minimum atomic E-state index is 0.912. The number of aromatic nitrogens is 2. The van der Waals surface area contributed by atoms with Crippen LogP contribution in [0.3, 0.4) is 0 Å². The number of hydrogen-bond donors (Lipinski definition) is 0. The Labute approximate surface area is 151 Å². The molecule has 5 aromatic rings. The maximum atomic E-state index is 6.37. The third-order valence-electron chi connectivity index (χ3n) is 5.18. The molecular formula is C23H19N2O+. The van der Waals surface area contributed by atoms with Crippen LogP contribution in [0.5, 0.6) is 0 Å². The van der Waals surface area contributed by atoms with E-state index in [1.807, 2.05) is 32.2 Å². The number of aryl methyl sites for hydroxylation is 3. The largest absolute Gasteiger partial charge is 0.455 e.